The number of rotatable bonds is 75. The Morgan fingerprint density at radius 3 is 0.487 bits per heavy atom. The number of unbranched alkanes of at least 4 members (excludes halogenated alkanes) is 65. The Hall–Kier alpha value is 0. The average Bonchev–Trinajstić information content (AvgIpc) is 3.46. The Kier molecular flexibility index (Phi) is 75.1. The van der Waals surface area contributed by atoms with Crippen LogP contribution in [0.3, 0.4) is 0 Å². The first-order chi connectivity index (χ1) is 39.7. The Morgan fingerprint density at radius 2 is 0.300 bits per heavy atom. The second-order valence-corrected chi connectivity index (χ2v) is 28.1. The van der Waals surface area contributed by atoms with Gasteiger partial charge in [-0.25, -0.2) is 0 Å². The highest BCUT2D eigenvalue weighted by molar-refractivity contribution is 4.67. The molecule has 0 saturated heterocycles. The first-order valence-electron chi connectivity index (χ1n) is 39.6. The van der Waals surface area contributed by atoms with Gasteiger partial charge in [0.05, 0.1) is 0 Å². The molecule has 0 N–H and O–H groups in total. The molecular weight excluding hydrogens is 961 g/mol. The highest BCUT2D eigenvalue weighted by Crippen LogP contribution is 2.26. The molecule has 0 aliphatic heterocycles. The lowest BCUT2D eigenvalue weighted by atomic mass is 9.89. The monoisotopic (exact) mass is 1120 g/mol. The summed E-state index contributed by atoms with van der Waals surface area (Å²) in [5.74, 6) is 1.96. The van der Waals surface area contributed by atoms with Crippen molar-refractivity contribution in [3.05, 3.63) is 6.42 Å². The molecule has 0 heterocycles. The van der Waals surface area contributed by atoms with Crippen molar-refractivity contribution in [1.29, 1.82) is 0 Å². The van der Waals surface area contributed by atoms with E-state index in [-0.39, 0.29) is 0 Å². The van der Waals surface area contributed by atoms with E-state index in [1.54, 1.807) is 0 Å². The third kappa shape index (κ3) is 72.3. The van der Waals surface area contributed by atoms with Gasteiger partial charge in [-0.3, -0.25) is 0 Å². The molecular formula is C80H161. The van der Waals surface area contributed by atoms with Crippen LogP contribution in [-0.4, -0.2) is 0 Å². The summed E-state index contributed by atoms with van der Waals surface area (Å²) in [4.78, 5) is 0. The van der Waals surface area contributed by atoms with Crippen molar-refractivity contribution in [3.8, 4) is 0 Å². The maximum Gasteiger partial charge on any atom is -0.0386 e. The Bertz CT molecular complexity index is 1010. The molecule has 0 rings (SSSR count). The molecule has 0 fully saturated rings. The zero-order valence-electron chi connectivity index (χ0n) is 57.4. The molecule has 0 saturated carbocycles. The smallest absolute Gasteiger partial charge is 0.0386 e. The van der Waals surface area contributed by atoms with Crippen molar-refractivity contribution >= 4 is 0 Å². The first kappa shape index (κ1) is 80.0. The van der Waals surface area contributed by atoms with Gasteiger partial charge in [-0.1, -0.05) is 496 Å². The normalized spacial score (nSPS) is 12.6. The molecule has 0 heteroatoms. The fraction of sp³-hybridized carbons (Fsp3) is 0.988. The lowest BCUT2D eigenvalue weighted by molar-refractivity contribution is 0.366. The maximum atomic E-state index is 2.66. The van der Waals surface area contributed by atoms with Gasteiger partial charge in [0.1, 0.15) is 0 Å². The van der Waals surface area contributed by atoms with Gasteiger partial charge in [0.2, 0.25) is 0 Å². The molecule has 0 bridgehead atoms. The third-order valence-electron chi connectivity index (χ3n) is 19.6. The van der Waals surface area contributed by atoms with Gasteiger partial charge in [-0.15, -0.1) is 0 Å². The molecule has 0 nitrogen and oxygen atoms in total. The first-order valence-corrected chi connectivity index (χ1v) is 39.6. The Morgan fingerprint density at radius 1 is 0.163 bits per heavy atom. The molecule has 2 atom stereocenters. The highest BCUT2D eigenvalue weighted by Gasteiger charge is 2.10. The van der Waals surface area contributed by atoms with E-state index < -0.39 is 0 Å². The van der Waals surface area contributed by atoms with Crippen LogP contribution in [0.25, 0.3) is 0 Å². The van der Waals surface area contributed by atoms with Crippen LogP contribution >= 0.6 is 0 Å². The topological polar surface area (TPSA) is 0 Å². The van der Waals surface area contributed by atoms with Gasteiger partial charge < -0.3 is 0 Å². The van der Waals surface area contributed by atoms with Crippen LogP contribution < -0.4 is 0 Å². The molecule has 481 valence electrons. The van der Waals surface area contributed by atoms with E-state index in [0.717, 1.165) is 11.8 Å². The lowest BCUT2D eigenvalue weighted by Gasteiger charge is -2.17. The van der Waals surface area contributed by atoms with Crippen molar-refractivity contribution in [3.63, 3.8) is 0 Å². The van der Waals surface area contributed by atoms with Gasteiger partial charge in [-0.2, -0.15) is 0 Å². The lowest BCUT2D eigenvalue weighted by Crippen LogP contribution is -2.02. The van der Waals surface area contributed by atoms with E-state index in [9.17, 15) is 0 Å². The van der Waals surface area contributed by atoms with Gasteiger partial charge >= 0.3 is 0 Å². The molecule has 2 unspecified atom stereocenters. The summed E-state index contributed by atoms with van der Waals surface area (Å²) in [6.07, 6.45) is 111. The van der Waals surface area contributed by atoms with Crippen LogP contribution in [0.4, 0.5) is 0 Å². The summed E-state index contributed by atoms with van der Waals surface area (Å²) < 4.78 is 0. The van der Waals surface area contributed by atoms with Gasteiger partial charge in [0, 0.05) is 0 Å². The third-order valence-corrected chi connectivity index (χ3v) is 19.6. The second kappa shape index (κ2) is 75.1. The summed E-state index contributed by atoms with van der Waals surface area (Å²) >= 11 is 0. The van der Waals surface area contributed by atoms with E-state index in [2.05, 4.69) is 34.1 Å². The van der Waals surface area contributed by atoms with Crippen LogP contribution in [0.5, 0.6) is 0 Å². The molecule has 0 aliphatic rings. The Balaban J connectivity index is 4.01. The summed E-state index contributed by atoms with van der Waals surface area (Å²) in [7, 11) is 0. The van der Waals surface area contributed by atoms with E-state index in [4.69, 9.17) is 0 Å². The minimum atomic E-state index is 0.949. The molecule has 0 aromatic heterocycles. The molecule has 0 aromatic rings. The minimum absolute atomic E-state index is 0.949. The van der Waals surface area contributed by atoms with Crippen molar-refractivity contribution in [2.75, 3.05) is 0 Å². The number of hydrogen-bond acceptors (Lipinski definition) is 0. The fourth-order valence-electron chi connectivity index (χ4n) is 13.7. The molecule has 0 amide bonds. The van der Waals surface area contributed by atoms with E-state index in [1.807, 2.05) is 0 Å². The predicted octanol–water partition coefficient (Wildman–Crippen LogP) is 31.0. The molecule has 0 spiro atoms. The van der Waals surface area contributed by atoms with E-state index in [0.29, 0.717) is 0 Å². The van der Waals surface area contributed by atoms with Crippen molar-refractivity contribution in [2.24, 2.45) is 11.8 Å². The SMILES string of the molecule is CCCCCCCCCCCCCCCCCCCCCCCCCCCC(CCCCC[CH]CCCCCCC(C)CCCCCCCCCCCCCCCCC)CCCCCCCCCCCCCCCCCCCCC. The highest BCUT2D eigenvalue weighted by atomic mass is 14.2. The summed E-state index contributed by atoms with van der Waals surface area (Å²) in [6.45, 7) is 9.50. The van der Waals surface area contributed by atoms with Crippen molar-refractivity contribution in [2.45, 2.75) is 496 Å². The van der Waals surface area contributed by atoms with Gasteiger partial charge in [-0.05, 0) is 18.3 Å². The molecule has 1 radical (unpaired) electrons. The summed E-state index contributed by atoms with van der Waals surface area (Å²) in [5.41, 5.74) is 0. The zero-order valence-corrected chi connectivity index (χ0v) is 57.4. The summed E-state index contributed by atoms with van der Waals surface area (Å²) in [5, 5.41) is 0. The van der Waals surface area contributed by atoms with Crippen LogP contribution in [0, 0.1) is 18.3 Å². The standard InChI is InChI=1S/C80H161/c1-5-8-11-14-17-20-23-26-29-31-33-34-35-36-37-38-40-42-45-48-51-57-62-67-72-77-80(76-71-66-61-56-50-47-44-41-39-32-30-27-24-21-18-15-12-9-6-2)78-73-68-63-58-53-52-55-60-65-70-75-79(4)74-69-64-59-54-49-46-43-28-25-22-19-16-13-10-7-3/h53,79-80H,5-52,54-78H2,1-4H3. The number of hydrogen-bond donors (Lipinski definition) is 0. The largest absolute Gasteiger partial charge is 0.0654 e. The quantitative estimate of drug-likeness (QED) is 0.0533. The fourth-order valence-corrected chi connectivity index (χ4v) is 13.7. The van der Waals surface area contributed by atoms with Crippen molar-refractivity contribution < 1.29 is 0 Å². The van der Waals surface area contributed by atoms with E-state index >= 15 is 0 Å². The predicted molar refractivity (Wildman–Crippen MR) is 371 cm³/mol. The minimum Gasteiger partial charge on any atom is -0.0654 e. The molecule has 0 aromatic carbocycles. The van der Waals surface area contributed by atoms with Crippen LogP contribution in [-0.2, 0) is 0 Å². The Labute approximate surface area is 512 Å². The van der Waals surface area contributed by atoms with Crippen LogP contribution in [0.2, 0.25) is 0 Å². The van der Waals surface area contributed by atoms with E-state index in [1.165, 1.54) is 469 Å². The van der Waals surface area contributed by atoms with Gasteiger partial charge in [0.15, 0.2) is 0 Å². The maximum absolute atomic E-state index is 2.66. The van der Waals surface area contributed by atoms with Crippen LogP contribution in [0.1, 0.15) is 496 Å². The summed E-state index contributed by atoms with van der Waals surface area (Å²) in [6, 6.07) is 0. The second-order valence-electron chi connectivity index (χ2n) is 28.1. The average molecular weight is 1120 g/mol. The zero-order chi connectivity index (χ0) is 57.5. The molecule has 80 heavy (non-hydrogen) atoms. The van der Waals surface area contributed by atoms with Crippen molar-refractivity contribution in [1.82, 2.24) is 0 Å². The molecule has 0 aliphatic carbocycles. The van der Waals surface area contributed by atoms with Gasteiger partial charge in [0.25, 0.3) is 0 Å². The van der Waals surface area contributed by atoms with Crippen LogP contribution in [0.15, 0.2) is 0 Å².